The molecular formula is C19H27N5O. The predicted octanol–water partition coefficient (Wildman–Crippen LogP) is 1.57. The van der Waals surface area contributed by atoms with E-state index < -0.39 is 0 Å². The highest BCUT2D eigenvalue weighted by molar-refractivity contribution is 5.80. The van der Waals surface area contributed by atoms with E-state index in [1.165, 1.54) is 0 Å². The third-order valence-electron chi connectivity index (χ3n) is 4.15. The van der Waals surface area contributed by atoms with Gasteiger partial charge in [0.2, 0.25) is 0 Å². The Bertz CT molecular complexity index is 680. The lowest BCUT2D eigenvalue weighted by Gasteiger charge is -2.33. The van der Waals surface area contributed by atoms with Crippen LogP contribution in [-0.4, -0.2) is 56.1 Å². The Morgan fingerprint density at radius 3 is 3.00 bits per heavy atom. The fourth-order valence-corrected chi connectivity index (χ4v) is 2.85. The van der Waals surface area contributed by atoms with Crippen molar-refractivity contribution in [3.8, 4) is 0 Å². The highest BCUT2D eigenvalue weighted by Crippen LogP contribution is 2.25. The second-order valence-electron chi connectivity index (χ2n) is 5.81. The van der Waals surface area contributed by atoms with Gasteiger partial charge in [-0.15, -0.1) is 0 Å². The van der Waals surface area contributed by atoms with Gasteiger partial charge in [-0.25, -0.2) is 9.98 Å². The number of hydrogen-bond donors (Lipinski definition) is 3. The van der Waals surface area contributed by atoms with Crippen molar-refractivity contribution in [2.24, 2.45) is 4.99 Å². The van der Waals surface area contributed by atoms with Crippen molar-refractivity contribution >= 4 is 18.1 Å². The number of piperazine rings is 1. The van der Waals surface area contributed by atoms with E-state index in [1.807, 2.05) is 37.3 Å². The summed E-state index contributed by atoms with van der Waals surface area (Å²) in [6.07, 6.45) is 3.89. The molecule has 0 bridgehead atoms. The van der Waals surface area contributed by atoms with Gasteiger partial charge in [-0.05, 0) is 25.8 Å². The van der Waals surface area contributed by atoms with Crippen LogP contribution in [0.3, 0.4) is 0 Å². The highest BCUT2D eigenvalue weighted by Gasteiger charge is 2.20. The predicted molar refractivity (Wildman–Crippen MR) is 105 cm³/mol. The molecule has 1 aromatic heterocycles. The number of nitrogens with one attached hydrogen (secondary N) is 2. The summed E-state index contributed by atoms with van der Waals surface area (Å²) in [5, 5.41) is 15.7. The molecule has 6 nitrogen and oxygen atoms in total. The average Bonchev–Trinajstić information content (AvgIpc) is 2.67. The molecule has 3 N–H and O–H groups in total. The molecule has 0 amide bonds. The summed E-state index contributed by atoms with van der Waals surface area (Å²) in [6.45, 7) is 12.3. The van der Waals surface area contributed by atoms with Gasteiger partial charge in [-0.1, -0.05) is 24.8 Å². The number of anilines is 1. The molecule has 0 spiro atoms. The topological polar surface area (TPSA) is 72.8 Å². The largest absolute Gasteiger partial charge is 0.395 e. The van der Waals surface area contributed by atoms with Crippen LogP contribution in [0.15, 0.2) is 53.3 Å². The van der Waals surface area contributed by atoms with Crippen molar-refractivity contribution < 1.29 is 5.11 Å². The zero-order valence-electron chi connectivity index (χ0n) is 15.0. The second kappa shape index (κ2) is 9.15. The molecule has 6 heteroatoms. The zero-order valence-corrected chi connectivity index (χ0v) is 15.0. The minimum absolute atomic E-state index is 0.0711. The second-order valence-corrected chi connectivity index (χ2v) is 5.81. The van der Waals surface area contributed by atoms with Crippen LogP contribution in [0.4, 0.5) is 5.82 Å². The number of aromatic nitrogens is 1. The molecule has 0 radical (unpaired) electrons. The SMILES string of the molecule is C=N/C(NC)=C(\C=C/C)C(=C)c1cccc(N2CCNC(CO)C2)n1. The van der Waals surface area contributed by atoms with Crippen LogP contribution < -0.4 is 15.5 Å². The number of nitrogens with zero attached hydrogens (tertiary/aromatic N) is 3. The maximum Gasteiger partial charge on any atom is 0.132 e. The highest BCUT2D eigenvalue weighted by atomic mass is 16.3. The molecule has 1 aromatic rings. The molecule has 1 fully saturated rings. The van der Waals surface area contributed by atoms with E-state index >= 15 is 0 Å². The molecular weight excluding hydrogens is 314 g/mol. The van der Waals surface area contributed by atoms with Gasteiger partial charge < -0.3 is 20.6 Å². The molecule has 1 aliphatic rings. The lowest BCUT2D eigenvalue weighted by Crippen LogP contribution is -2.52. The third-order valence-corrected chi connectivity index (χ3v) is 4.15. The fourth-order valence-electron chi connectivity index (χ4n) is 2.85. The first kappa shape index (κ1) is 18.9. The molecule has 1 saturated heterocycles. The van der Waals surface area contributed by atoms with Crippen molar-refractivity contribution in [3.05, 3.63) is 54.0 Å². The van der Waals surface area contributed by atoms with Crippen LogP contribution in [0.2, 0.25) is 0 Å². The van der Waals surface area contributed by atoms with E-state index in [1.54, 1.807) is 7.05 Å². The van der Waals surface area contributed by atoms with E-state index in [2.05, 4.69) is 33.8 Å². The Kier molecular flexibility index (Phi) is 6.91. The first-order chi connectivity index (χ1) is 12.1. The minimum Gasteiger partial charge on any atom is -0.395 e. The van der Waals surface area contributed by atoms with Gasteiger partial charge in [-0.3, -0.25) is 0 Å². The van der Waals surface area contributed by atoms with E-state index in [0.29, 0.717) is 5.82 Å². The summed E-state index contributed by atoms with van der Waals surface area (Å²) >= 11 is 0. The summed E-state index contributed by atoms with van der Waals surface area (Å²) in [7, 11) is 1.81. The quantitative estimate of drug-likeness (QED) is 0.519. The monoisotopic (exact) mass is 341 g/mol. The molecule has 0 aliphatic carbocycles. The first-order valence-corrected chi connectivity index (χ1v) is 8.41. The molecule has 2 rings (SSSR count). The third kappa shape index (κ3) is 4.55. The van der Waals surface area contributed by atoms with Gasteiger partial charge in [0, 0.05) is 43.9 Å². The Labute approximate surface area is 149 Å². The Morgan fingerprint density at radius 1 is 1.56 bits per heavy atom. The normalized spacial score (nSPS) is 18.8. The summed E-state index contributed by atoms with van der Waals surface area (Å²) in [5.41, 5.74) is 2.44. The summed E-state index contributed by atoms with van der Waals surface area (Å²) < 4.78 is 0. The van der Waals surface area contributed by atoms with Crippen molar-refractivity contribution in [2.75, 3.05) is 38.2 Å². The molecule has 134 valence electrons. The maximum atomic E-state index is 9.39. The number of aliphatic hydroxyl groups excluding tert-OH is 1. The van der Waals surface area contributed by atoms with Crippen molar-refractivity contribution in [3.63, 3.8) is 0 Å². The summed E-state index contributed by atoms with van der Waals surface area (Å²) in [5.74, 6) is 1.55. The zero-order chi connectivity index (χ0) is 18.2. The number of pyridine rings is 1. The Morgan fingerprint density at radius 2 is 2.36 bits per heavy atom. The number of aliphatic hydroxyl groups is 1. The fraction of sp³-hybridized carbons (Fsp3) is 0.368. The van der Waals surface area contributed by atoms with Crippen LogP contribution in [0, 0.1) is 0 Å². The molecule has 1 atom stereocenters. The van der Waals surface area contributed by atoms with Crippen LogP contribution in [0.1, 0.15) is 12.6 Å². The van der Waals surface area contributed by atoms with Crippen molar-refractivity contribution in [2.45, 2.75) is 13.0 Å². The molecule has 1 unspecified atom stereocenters. The van der Waals surface area contributed by atoms with E-state index in [-0.39, 0.29) is 12.6 Å². The van der Waals surface area contributed by atoms with Crippen molar-refractivity contribution in [1.82, 2.24) is 15.6 Å². The van der Waals surface area contributed by atoms with Gasteiger partial charge in [0.1, 0.15) is 11.6 Å². The lowest BCUT2D eigenvalue weighted by atomic mass is 10.0. The minimum atomic E-state index is 0.0711. The van der Waals surface area contributed by atoms with Gasteiger partial charge in [-0.2, -0.15) is 0 Å². The summed E-state index contributed by atoms with van der Waals surface area (Å²) in [6, 6.07) is 5.98. The van der Waals surface area contributed by atoms with Crippen LogP contribution in [0.25, 0.3) is 5.57 Å². The number of rotatable bonds is 7. The van der Waals surface area contributed by atoms with E-state index in [0.717, 1.165) is 42.3 Å². The molecule has 1 aliphatic heterocycles. The van der Waals surface area contributed by atoms with Crippen LogP contribution in [-0.2, 0) is 0 Å². The summed E-state index contributed by atoms with van der Waals surface area (Å²) in [4.78, 5) is 11.0. The first-order valence-electron chi connectivity index (χ1n) is 8.41. The average molecular weight is 341 g/mol. The smallest absolute Gasteiger partial charge is 0.132 e. The van der Waals surface area contributed by atoms with Gasteiger partial charge in [0.15, 0.2) is 0 Å². The van der Waals surface area contributed by atoms with Gasteiger partial charge in [0.25, 0.3) is 0 Å². The van der Waals surface area contributed by atoms with Crippen molar-refractivity contribution in [1.29, 1.82) is 0 Å². The Hall–Kier alpha value is -2.44. The molecule has 2 heterocycles. The standard InChI is InChI=1S/C19H27N5O/c1-5-7-16(19(20-3)21-4)14(2)17-8-6-9-18(23-17)24-11-10-22-15(12-24)13-25/h5-9,15,21-22,25H,2-3,10-13H2,1,4H3/b7-5-,19-16-. The number of hydrogen-bond acceptors (Lipinski definition) is 6. The Balaban J connectivity index is 2.32. The van der Waals surface area contributed by atoms with Gasteiger partial charge in [0.05, 0.1) is 12.3 Å². The number of aliphatic imine (C=N–C) groups is 1. The molecule has 25 heavy (non-hydrogen) atoms. The number of allylic oxidation sites excluding steroid dienone is 4. The molecule has 0 aromatic carbocycles. The van der Waals surface area contributed by atoms with E-state index in [4.69, 9.17) is 4.98 Å². The van der Waals surface area contributed by atoms with Gasteiger partial charge >= 0.3 is 0 Å². The van der Waals surface area contributed by atoms with Crippen LogP contribution >= 0.6 is 0 Å². The lowest BCUT2D eigenvalue weighted by molar-refractivity contribution is 0.235. The van der Waals surface area contributed by atoms with E-state index in [9.17, 15) is 5.11 Å². The molecule has 0 saturated carbocycles. The maximum absolute atomic E-state index is 9.39. The van der Waals surface area contributed by atoms with Crippen LogP contribution in [0.5, 0.6) is 0 Å².